The molecule has 1 aromatic carbocycles. The Balaban J connectivity index is 1.22. The van der Waals surface area contributed by atoms with Gasteiger partial charge in [0.25, 0.3) is 11.8 Å². The molecule has 2 amide bonds. The largest absolute Gasteiger partial charge is 0.494 e. The predicted molar refractivity (Wildman–Crippen MR) is 164 cm³/mol. The molecule has 3 atom stereocenters. The minimum Gasteiger partial charge on any atom is -0.494 e. The molecule has 44 heavy (non-hydrogen) atoms. The standard InChI is InChI=1S/C32H33N9O3/c1-39-27-22(9-19(11-25(27)44-2)32(43)41-15-18-6-8-23(41)26(18)33)38-31(39)24-10-17-5-7-21(20-12-35-29(28(34)42)36-13-20)37-30(17)40(24)14-16-3-4-16/h5,7,9-13,16,18,23,26H,3-4,6,8,14-15,33H2,1-2H3,(H2,34,42). The van der Waals surface area contributed by atoms with Crippen LogP contribution in [0.15, 0.2) is 42.7 Å². The van der Waals surface area contributed by atoms with Crippen molar-refractivity contribution in [1.82, 2.24) is 34.0 Å². The predicted octanol–water partition coefficient (Wildman–Crippen LogP) is 3.13. The number of rotatable bonds is 7. The maximum Gasteiger partial charge on any atom is 0.286 e. The van der Waals surface area contributed by atoms with Crippen LogP contribution in [0.2, 0.25) is 0 Å². The molecule has 1 saturated heterocycles. The number of carbonyl (C=O) groups excluding carboxylic acids is 2. The van der Waals surface area contributed by atoms with E-state index >= 15 is 0 Å². The molecule has 4 aromatic heterocycles. The van der Waals surface area contributed by atoms with Gasteiger partial charge >= 0.3 is 0 Å². The summed E-state index contributed by atoms with van der Waals surface area (Å²) in [5.74, 6) is 1.58. The number of methoxy groups -OCH3 is 1. The molecule has 8 rings (SSSR count). The van der Waals surface area contributed by atoms with Gasteiger partial charge in [-0.3, -0.25) is 9.59 Å². The van der Waals surface area contributed by atoms with Gasteiger partial charge in [-0.2, -0.15) is 0 Å². The van der Waals surface area contributed by atoms with Crippen LogP contribution < -0.4 is 16.2 Å². The molecule has 2 bridgehead atoms. The quantitative estimate of drug-likeness (QED) is 0.292. The molecule has 1 aliphatic heterocycles. The summed E-state index contributed by atoms with van der Waals surface area (Å²) < 4.78 is 10.1. The van der Waals surface area contributed by atoms with E-state index in [0.717, 1.165) is 47.5 Å². The van der Waals surface area contributed by atoms with Crippen molar-refractivity contribution in [2.75, 3.05) is 13.7 Å². The molecule has 2 saturated carbocycles. The van der Waals surface area contributed by atoms with Crippen LogP contribution in [0.4, 0.5) is 0 Å². The number of pyridine rings is 1. The fourth-order valence-electron chi connectivity index (χ4n) is 7.07. The third kappa shape index (κ3) is 4.15. The summed E-state index contributed by atoms with van der Waals surface area (Å²) in [6, 6.07) is 9.91. The number of primary amides is 1. The number of hydrogen-bond acceptors (Lipinski definition) is 8. The van der Waals surface area contributed by atoms with Crippen LogP contribution in [0, 0.1) is 11.8 Å². The number of benzene rings is 1. The minimum absolute atomic E-state index is 0.0209. The lowest BCUT2D eigenvalue weighted by atomic mass is 10.1. The molecule has 12 nitrogen and oxygen atoms in total. The minimum atomic E-state index is -0.675. The number of piperidine rings is 1. The lowest BCUT2D eigenvalue weighted by Gasteiger charge is -2.27. The van der Waals surface area contributed by atoms with Crippen molar-refractivity contribution in [3.63, 3.8) is 0 Å². The zero-order valence-corrected chi connectivity index (χ0v) is 24.6. The lowest BCUT2D eigenvalue weighted by Crippen LogP contribution is -2.41. The van der Waals surface area contributed by atoms with Gasteiger partial charge in [0.2, 0.25) is 5.82 Å². The summed E-state index contributed by atoms with van der Waals surface area (Å²) >= 11 is 0. The molecule has 3 aliphatic rings. The Morgan fingerprint density at radius 3 is 2.50 bits per heavy atom. The first-order valence-electron chi connectivity index (χ1n) is 15.0. The van der Waals surface area contributed by atoms with Gasteiger partial charge in [0, 0.05) is 61.1 Å². The average Bonchev–Trinajstić information content (AvgIpc) is 3.44. The Labute approximate surface area is 253 Å². The first-order valence-corrected chi connectivity index (χ1v) is 15.0. The second-order valence-corrected chi connectivity index (χ2v) is 12.3. The lowest BCUT2D eigenvalue weighted by molar-refractivity contribution is 0.0700. The summed E-state index contributed by atoms with van der Waals surface area (Å²) in [5, 5.41) is 0.981. The van der Waals surface area contributed by atoms with Crippen molar-refractivity contribution < 1.29 is 14.3 Å². The van der Waals surface area contributed by atoms with E-state index in [1.165, 1.54) is 12.8 Å². The zero-order valence-electron chi connectivity index (χ0n) is 24.6. The summed E-state index contributed by atoms with van der Waals surface area (Å²) in [6.45, 7) is 1.52. The van der Waals surface area contributed by atoms with E-state index < -0.39 is 5.91 Å². The maximum absolute atomic E-state index is 13.7. The molecule has 5 heterocycles. The van der Waals surface area contributed by atoms with E-state index in [1.54, 1.807) is 19.5 Å². The first kappa shape index (κ1) is 26.8. The number of nitrogens with zero attached hydrogens (tertiary/aromatic N) is 7. The number of aryl methyl sites for hydroxylation is 1. The van der Waals surface area contributed by atoms with Gasteiger partial charge < -0.3 is 30.2 Å². The fourth-order valence-corrected chi connectivity index (χ4v) is 7.07. The van der Waals surface area contributed by atoms with Gasteiger partial charge in [0.15, 0.2) is 5.82 Å². The number of fused-ring (bicyclic) bond motifs is 4. The molecule has 5 aromatic rings. The Bertz CT molecular complexity index is 1970. The molecular weight excluding hydrogens is 558 g/mol. The van der Waals surface area contributed by atoms with Crippen molar-refractivity contribution in [3.05, 3.63) is 54.1 Å². The first-order chi connectivity index (χ1) is 21.3. The van der Waals surface area contributed by atoms with Gasteiger partial charge in [0.1, 0.15) is 16.9 Å². The molecular formula is C32H33N9O3. The molecule has 0 radical (unpaired) electrons. The molecule has 3 unspecified atom stereocenters. The van der Waals surface area contributed by atoms with E-state index in [2.05, 4.69) is 20.6 Å². The van der Waals surface area contributed by atoms with Crippen LogP contribution in [-0.4, -0.2) is 71.5 Å². The van der Waals surface area contributed by atoms with Crippen molar-refractivity contribution >= 4 is 33.9 Å². The van der Waals surface area contributed by atoms with Crippen LogP contribution in [0.25, 0.3) is 44.8 Å². The van der Waals surface area contributed by atoms with Gasteiger partial charge in [-0.1, -0.05) is 0 Å². The topological polar surface area (TPSA) is 160 Å². The van der Waals surface area contributed by atoms with Crippen LogP contribution in [0.5, 0.6) is 5.75 Å². The van der Waals surface area contributed by atoms with E-state index in [9.17, 15) is 9.59 Å². The second kappa shape index (κ2) is 9.84. The van der Waals surface area contributed by atoms with Gasteiger partial charge in [0.05, 0.1) is 24.0 Å². The number of nitrogens with two attached hydrogens (primary N) is 2. The number of amides is 2. The van der Waals surface area contributed by atoms with E-state index in [1.807, 2.05) is 40.8 Å². The maximum atomic E-state index is 13.7. The summed E-state index contributed by atoms with van der Waals surface area (Å²) in [7, 11) is 3.60. The van der Waals surface area contributed by atoms with Crippen LogP contribution in [-0.2, 0) is 13.6 Å². The molecule has 4 N–H and O–H groups in total. The number of ether oxygens (including phenoxy) is 1. The monoisotopic (exact) mass is 591 g/mol. The van der Waals surface area contributed by atoms with Crippen LogP contribution in [0.1, 0.15) is 46.7 Å². The van der Waals surface area contributed by atoms with Crippen molar-refractivity contribution in [3.8, 4) is 28.5 Å². The third-order valence-electron chi connectivity index (χ3n) is 9.59. The smallest absolute Gasteiger partial charge is 0.286 e. The number of aromatic nitrogens is 6. The molecule has 3 fully saturated rings. The number of hydrogen-bond donors (Lipinski definition) is 2. The average molecular weight is 592 g/mol. The summed E-state index contributed by atoms with van der Waals surface area (Å²) in [4.78, 5) is 45.3. The summed E-state index contributed by atoms with van der Waals surface area (Å²) in [5.41, 5.74) is 17.0. The zero-order chi connectivity index (χ0) is 30.3. The highest BCUT2D eigenvalue weighted by Gasteiger charge is 2.47. The SMILES string of the molecule is COc1cc(C(=O)N2CC3CCC2C3N)cc2nc(-c3cc4ccc(-c5cnc(C(N)=O)nc5)nc4n3CC3CC3)n(C)c12. The van der Waals surface area contributed by atoms with Crippen LogP contribution >= 0.6 is 0 Å². The second-order valence-electron chi connectivity index (χ2n) is 12.3. The number of imidazole rings is 1. The number of carbonyl (C=O) groups is 2. The highest BCUT2D eigenvalue weighted by atomic mass is 16.5. The Morgan fingerprint density at radius 1 is 1.05 bits per heavy atom. The van der Waals surface area contributed by atoms with E-state index in [4.69, 9.17) is 26.2 Å². The van der Waals surface area contributed by atoms with Gasteiger partial charge in [-0.25, -0.2) is 19.9 Å². The molecule has 2 aliphatic carbocycles. The van der Waals surface area contributed by atoms with Gasteiger partial charge in [-0.15, -0.1) is 0 Å². The van der Waals surface area contributed by atoms with Crippen molar-refractivity contribution in [2.24, 2.45) is 30.4 Å². The van der Waals surface area contributed by atoms with Crippen LogP contribution in [0.3, 0.4) is 0 Å². The Hall–Kier alpha value is -4.84. The third-order valence-corrected chi connectivity index (χ3v) is 9.59. The summed E-state index contributed by atoms with van der Waals surface area (Å²) in [6.07, 6.45) is 7.51. The fraction of sp³-hybridized carbons (Fsp3) is 0.375. The highest BCUT2D eigenvalue weighted by Crippen LogP contribution is 2.40. The van der Waals surface area contributed by atoms with E-state index in [-0.39, 0.29) is 23.8 Å². The number of likely N-dealkylation sites (tertiary alicyclic amines) is 1. The van der Waals surface area contributed by atoms with Crippen molar-refractivity contribution in [1.29, 1.82) is 0 Å². The molecule has 12 heteroatoms. The Kier molecular flexibility index (Phi) is 5.99. The van der Waals surface area contributed by atoms with Gasteiger partial charge in [-0.05, 0) is 67.9 Å². The Morgan fingerprint density at radius 2 is 1.84 bits per heavy atom. The van der Waals surface area contributed by atoms with Crippen molar-refractivity contribution in [2.45, 2.75) is 44.3 Å². The highest BCUT2D eigenvalue weighted by molar-refractivity contribution is 6.00. The molecule has 0 spiro atoms. The normalized spacial score (nSPS) is 21.1. The molecule has 224 valence electrons. The van der Waals surface area contributed by atoms with E-state index in [0.29, 0.717) is 46.5 Å².